The van der Waals surface area contributed by atoms with Gasteiger partial charge in [0.1, 0.15) is 0 Å². The van der Waals surface area contributed by atoms with Gasteiger partial charge in [0, 0.05) is 23.4 Å². The summed E-state index contributed by atoms with van der Waals surface area (Å²) in [5.41, 5.74) is 2.20. The Morgan fingerprint density at radius 3 is 2.71 bits per heavy atom. The summed E-state index contributed by atoms with van der Waals surface area (Å²) in [6.07, 6.45) is 0. The molecule has 1 aromatic rings. The van der Waals surface area contributed by atoms with Crippen molar-refractivity contribution in [3.63, 3.8) is 0 Å². The minimum absolute atomic E-state index is 0.0227. The molecule has 0 radical (unpaired) electrons. The van der Waals surface area contributed by atoms with Crippen molar-refractivity contribution in [2.75, 3.05) is 18.0 Å². The number of halogens is 2. The number of benzene rings is 1. The molecular weight excluding hydrogens is 300 g/mol. The van der Waals surface area contributed by atoms with Crippen LogP contribution in [0.4, 0.5) is 5.69 Å². The van der Waals surface area contributed by atoms with Gasteiger partial charge in [-0.05, 0) is 47.5 Å². The molecule has 0 heterocycles. The quantitative estimate of drug-likeness (QED) is 0.762. The lowest BCUT2D eigenvalue weighted by atomic mass is 10.1. The Bertz CT molecular complexity index is 414. The summed E-state index contributed by atoms with van der Waals surface area (Å²) in [5.74, 6) is 0.536. The lowest BCUT2D eigenvalue weighted by Gasteiger charge is -2.25. The van der Waals surface area contributed by atoms with E-state index >= 15 is 0 Å². The first kappa shape index (κ1) is 14.3. The van der Waals surface area contributed by atoms with Crippen LogP contribution in [0.5, 0.6) is 0 Å². The molecule has 0 N–H and O–H groups in total. The minimum atomic E-state index is 0.0227. The predicted octanol–water partition coefficient (Wildman–Crippen LogP) is 4.17. The third kappa shape index (κ3) is 3.90. The third-order valence-corrected chi connectivity index (χ3v) is 3.55. The summed E-state index contributed by atoms with van der Waals surface area (Å²) in [6, 6.07) is 8.36. The molecule has 0 aliphatic heterocycles. The second-order valence-corrected chi connectivity index (χ2v) is 5.11. The maximum absolute atomic E-state index is 8.87. The van der Waals surface area contributed by atoms with Crippen LogP contribution in [0.15, 0.2) is 22.7 Å². The molecule has 1 aromatic carbocycles. The molecule has 0 fully saturated rings. The largest absolute Gasteiger partial charge is 0.370 e. The van der Waals surface area contributed by atoms with E-state index in [0.29, 0.717) is 5.88 Å². The first-order valence-corrected chi connectivity index (χ1v) is 6.94. The van der Waals surface area contributed by atoms with Gasteiger partial charge in [-0.3, -0.25) is 0 Å². The second-order valence-electron chi connectivity index (χ2n) is 3.99. The van der Waals surface area contributed by atoms with E-state index in [1.54, 1.807) is 0 Å². The molecule has 0 bridgehead atoms. The second kappa shape index (κ2) is 6.88. The van der Waals surface area contributed by atoms with Crippen molar-refractivity contribution in [1.82, 2.24) is 0 Å². The molecule has 0 spiro atoms. The van der Waals surface area contributed by atoms with Crippen molar-refractivity contribution in [3.8, 4) is 6.07 Å². The Hall–Kier alpha value is -0.720. The highest BCUT2D eigenvalue weighted by Gasteiger charge is 2.12. The molecule has 0 aromatic heterocycles. The highest BCUT2D eigenvalue weighted by Crippen LogP contribution is 2.28. The fraction of sp³-hybridized carbons (Fsp3) is 0.462. The molecule has 1 rings (SSSR count). The lowest BCUT2D eigenvalue weighted by molar-refractivity contribution is 0.685. The van der Waals surface area contributed by atoms with Gasteiger partial charge < -0.3 is 4.90 Å². The smallest absolute Gasteiger partial charge is 0.0671 e. The van der Waals surface area contributed by atoms with E-state index in [1.165, 1.54) is 0 Å². The number of rotatable bonds is 5. The Balaban J connectivity index is 2.93. The summed E-state index contributed by atoms with van der Waals surface area (Å²) in [7, 11) is 0. The topological polar surface area (TPSA) is 27.0 Å². The summed E-state index contributed by atoms with van der Waals surface area (Å²) in [5, 5.41) is 8.87. The molecule has 17 heavy (non-hydrogen) atoms. The van der Waals surface area contributed by atoms with Gasteiger partial charge in [0.15, 0.2) is 0 Å². The van der Waals surface area contributed by atoms with Crippen molar-refractivity contribution < 1.29 is 0 Å². The van der Waals surface area contributed by atoms with Gasteiger partial charge >= 0.3 is 0 Å². The van der Waals surface area contributed by atoms with Crippen molar-refractivity contribution in [3.05, 3.63) is 28.2 Å². The van der Waals surface area contributed by atoms with Gasteiger partial charge in [-0.25, -0.2) is 0 Å². The summed E-state index contributed by atoms with van der Waals surface area (Å²) in [4.78, 5) is 2.19. The van der Waals surface area contributed by atoms with Crippen LogP contribution in [0.25, 0.3) is 0 Å². The molecular formula is C13H16BrClN2. The number of alkyl halides is 1. The van der Waals surface area contributed by atoms with Crippen LogP contribution >= 0.6 is 27.5 Å². The number of nitriles is 1. The van der Waals surface area contributed by atoms with Crippen molar-refractivity contribution in [1.29, 1.82) is 5.26 Å². The van der Waals surface area contributed by atoms with Crippen LogP contribution in [0.3, 0.4) is 0 Å². The molecule has 0 aliphatic rings. The SMILES string of the molecule is CCN(CC(C)C#N)c1ccc(CCl)cc1Br. The van der Waals surface area contributed by atoms with E-state index in [2.05, 4.69) is 39.9 Å². The highest BCUT2D eigenvalue weighted by molar-refractivity contribution is 9.10. The average Bonchev–Trinajstić information content (AvgIpc) is 2.35. The van der Waals surface area contributed by atoms with Crippen molar-refractivity contribution >= 4 is 33.2 Å². The number of nitrogens with zero attached hydrogens (tertiary/aromatic N) is 2. The van der Waals surface area contributed by atoms with E-state index < -0.39 is 0 Å². The molecule has 4 heteroatoms. The van der Waals surface area contributed by atoms with Gasteiger partial charge in [-0.2, -0.15) is 5.26 Å². The lowest BCUT2D eigenvalue weighted by Crippen LogP contribution is -2.28. The zero-order chi connectivity index (χ0) is 12.8. The Labute approximate surface area is 116 Å². The average molecular weight is 316 g/mol. The number of anilines is 1. The molecule has 0 saturated heterocycles. The zero-order valence-electron chi connectivity index (χ0n) is 10.1. The normalized spacial score (nSPS) is 11.9. The van der Waals surface area contributed by atoms with E-state index in [9.17, 15) is 0 Å². The molecule has 1 atom stereocenters. The summed E-state index contributed by atoms with van der Waals surface area (Å²) >= 11 is 9.35. The Morgan fingerprint density at radius 2 is 2.24 bits per heavy atom. The zero-order valence-corrected chi connectivity index (χ0v) is 12.4. The third-order valence-electron chi connectivity index (χ3n) is 2.60. The molecule has 0 saturated carbocycles. The first-order chi connectivity index (χ1) is 8.12. The highest BCUT2D eigenvalue weighted by atomic mass is 79.9. The van der Waals surface area contributed by atoms with E-state index in [-0.39, 0.29) is 5.92 Å². The van der Waals surface area contributed by atoms with E-state index in [4.69, 9.17) is 16.9 Å². The number of hydrogen-bond acceptors (Lipinski definition) is 2. The fourth-order valence-electron chi connectivity index (χ4n) is 1.66. The van der Waals surface area contributed by atoms with Crippen LogP contribution in [0, 0.1) is 17.2 Å². The van der Waals surface area contributed by atoms with Gasteiger partial charge in [0.2, 0.25) is 0 Å². The van der Waals surface area contributed by atoms with Gasteiger partial charge in [-0.15, -0.1) is 11.6 Å². The van der Waals surface area contributed by atoms with Crippen LogP contribution in [0.1, 0.15) is 19.4 Å². The number of hydrogen-bond donors (Lipinski definition) is 0. The molecule has 92 valence electrons. The predicted molar refractivity (Wildman–Crippen MR) is 76.4 cm³/mol. The first-order valence-electron chi connectivity index (χ1n) is 5.61. The van der Waals surface area contributed by atoms with Crippen LogP contribution in [0.2, 0.25) is 0 Å². The van der Waals surface area contributed by atoms with Gasteiger partial charge in [0.25, 0.3) is 0 Å². The minimum Gasteiger partial charge on any atom is -0.370 e. The maximum atomic E-state index is 8.87. The standard InChI is InChI=1S/C13H16BrClN2/c1-3-17(9-10(2)8-16)13-5-4-11(7-15)6-12(13)14/h4-6,10H,3,7,9H2,1-2H3. The van der Waals surface area contributed by atoms with Crippen molar-refractivity contribution in [2.45, 2.75) is 19.7 Å². The monoisotopic (exact) mass is 314 g/mol. The van der Waals surface area contributed by atoms with Crippen LogP contribution < -0.4 is 4.90 Å². The van der Waals surface area contributed by atoms with E-state index in [0.717, 1.165) is 28.8 Å². The van der Waals surface area contributed by atoms with Crippen molar-refractivity contribution in [2.24, 2.45) is 5.92 Å². The summed E-state index contributed by atoms with van der Waals surface area (Å²) in [6.45, 7) is 5.65. The fourth-order valence-corrected chi connectivity index (χ4v) is 2.50. The Kier molecular flexibility index (Phi) is 5.80. The molecule has 0 aliphatic carbocycles. The summed E-state index contributed by atoms with van der Waals surface area (Å²) < 4.78 is 1.03. The van der Waals surface area contributed by atoms with Gasteiger partial charge in [0.05, 0.1) is 17.7 Å². The maximum Gasteiger partial charge on any atom is 0.0671 e. The van der Waals surface area contributed by atoms with Gasteiger partial charge in [-0.1, -0.05) is 6.07 Å². The molecule has 0 amide bonds. The Morgan fingerprint density at radius 1 is 1.53 bits per heavy atom. The van der Waals surface area contributed by atoms with E-state index in [1.807, 2.05) is 19.1 Å². The molecule has 2 nitrogen and oxygen atoms in total. The van der Waals surface area contributed by atoms with Crippen LogP contribution in [-0.2, 0) is 5.88 Å². The van der Waals surface area contributed by atoms with Crippen LogP contribution in [-0.4, -0.2) is 13.1 Å². The molecule has 1 unspecified atom stereocenters.